The summed E-state index contributed by atoms with van der Waals surface area (Å²) in [7, 11) is -3.68. The fraction of sp³-hybridized carbons (Fsp3) is 0.400. The summed E-state index contributed by atoms with van der Waals surface area (Å²) in [6, 6.07) is 15.4. The molecule has 7 nitrogen and oxygen atoms in total. The number of piperidine rings is 1. The summed E-state index contributed by atoms with van der Waals surface area (Å²) in [4.78, 5) is 20.4. The van der Waals surface area contributed by atoms with Gasteiger partial charge in [-0.15, -0.1) is 0 Å². The molecule has 2 aromatic carbocycles. The molecule has 2 saturated heterocycles. The molecule has 5 rings (SSSR count). The average molecular weight is 485 g/mol. The van der Waals surface area contributed by atoms with Gasteiger partial charge in [-0.3, -0.25) is 9.69 Å². The lowest BCUT2D eigenvalue weighted by Gasteiger charge is -2.36. The van der Waals surface area contributed by atoms with Gasteiger partial charge in [-0.25, -0.2) is 12.8 Å². The first-order chi connectivity index (χ1) is 16.4. The van der Waals surface area contributed by atoms with Crippen LogP contribution in [-0.4, -0.2) is 79.2 Å². The lowest BCUT2D eigenvalue weighted by atomic mass is 9.93. The van der Waals surface area contributed by atoms with Crippen LogP contribution < -0.4 is 0 Å². The molecule has 1 aromatic heterocycles. The fourth-order valence-electron chi connectivity index (χ4n) is 4.94. The van der Waals surface area contributed by atoms with Gasteiger partial charge in [0.15, 0.2) is 0 Å². The molecule has 0 unspecified atom stereocenters. The number of likely N-dealkylation sites (tertiary alicyclic amines) is 1. The number of fused-ring (bicyclic) bond motifs is 1. The van der Waals surface area contributed by atoms with E-state index in [2.05, 4.69) is 28.1 Å². The molecule has 1 amide bonds. The number of nitrogens with zero attached hydrogens (tertiary/aromatic N) is 3. The minimum absolute atomic E-state index is 0.0443. The van der Waals surface area contributed by atoms with Crippen molar-refractivity contribution in [1.82, 2.24) is 19.1 Å². The van der Waals surface area contributed by atoms with Gasteiger partial charge in [0.25, 0.3) is 0 Å². The Hall–Kier alpha value is -2.75. The van der Waals surface area contributed by atoms with Crippen molar-refractivity contribution in [1.29, 1.82) is 0 Å². The second-order valence-electron chi connectivity index (χ2n) is 9.10. The van der Waals surface area contributed by atoms with Crippen LogP contribution in [-0.2, 0) is 14.8 Å². The highest BCUT2D eigenvalue weighted by molar-refractivity contribution is 7.89. The topological polar surface area (TPSA) is 76.7 Å². The van der Waals surface area contributed by atoms with Gasteiger partial charge < -0.3 is 9.88 Å². The van der Waals surface area contributed by atoms with E-state index in [1.807, 2.05) is 12.1 Å². The number of carbonyl (C=O) groups excluding carboxylic acids is 1. The molecule has 0 atom stereocenters. The highest BCUT2D eigenvalue weighted by atomic mass is 32.2. The number of aromatic amines is 1. The van der Waals surface area contributed by atoms with E-state index in [0.717, 1.165) is 43.6 Å². The summed E-state index contributed by atoms with van der Waals surface area (Å²) in [6.07, 6.45) is 2.01. The minimum Gasteiger partial charge on any atom is -0.358 e. The number of H-pyrrole nitrogens is 1. The van der Waals surface area contributed by atoms with E-state index >= 15 is 0 Å². The van der Waals surface area contributed by atoms with Crippen molar-refractivity contribution in [3.05, 3.63) is 66.1 Å². The highest BCUT2D eigenvalue weighted by Crippen LogP contribution is 2.30. The van der Waals surface area contributed by atoms with Crippen LogP contribution in [0.4, 0.5) is 4.39 Å². The van der Waals surface area contributed by atoms with Crippen molar-refractivity contribution >= 4 is 26.8 Å². The molecule has 1 N–H and O–H groups in total. The zero-order valence-electron chi connectivity index (χ0n) is 19.0. The summed E-state index contributed by atoms with van der Waals surface area (Å²) >= 11 is 0. The summed E-state index contributed by atoms with van der Waals surface area (Å²) in [5, 5.41) is 1.23. The number of hydrogen-bond acceptors (Lipinski definition) is 4. The maximum atomic E-state index is 13.1. The maximum absolute atomic E-state index is 13.1. The quantitative estimate of drug-likeness (QED) is 0.604. The molecule has 0 aliphatic carbocycles. The van der Waals surface area contributed by atoms with E-state index in [4.69, 9.17) is 0 Å². The molecule has 0 radical (unpaired) electrons. The zero-order valence-corrected chi connectivity index (χ0v) is 19.8. The maximum Gasteiger partial charge on any atom is 0.243 e. The standard InChI is InChI=1S/C25H29FN4O3S/c26-21-5-7-22(8-6-21)34(32,33)30-15-13-29(14-16-30)25(31)18-28-11-9-19(10-12-28)24-17-20-3-1-2-4-23(20)27-24/h1-8,17,19,27H,9-16,18H2. The number of aromatic nitrogens is 1. The summed E-state index contributed by atoms with van der Waals surface area (Å²) < 4.78 is 40.1. The van der Waals surface area contributed by atoms with Crippen molar-refractivity contribution in [2.75, 3.05) is 45.8 Å². The molecule has 0 spiro atoms. The Bertz CT molecular complexity index is 1230. The van der Waals surface area contributed by atoms with Crippen molar-refractivity contribution < 1.29 is 17.6 Å². The summed E-state index contributed by atoms with van der Waals surface area (Å²) in [6.45, 7) is 3.32. The summed E-state index contributed by atoms with van der Waals surface area (Å²) in [5.41, 5.74) is 2.43. The first-order valence-corrected chi connectivity index (χ1v) is 13.2. The van der Waals surface area contributed by atoms with Crippen LogP contribution in [0.15, 0.2) is 59.5 Å². The Morgan fingerprint density at radius 3 is 2.29 bits per heavy atom. The number of amides is 1. The number of rotatable bonds is 5. The Labute approximate surface area is 199 Å². The second-order valence-corrected chi connectivity index (χ2v) is 11.0. The molecule has 0 bridgehead atoms. The zero-order chi connectivity index (χ0) is 23.7. The third-order valence-corrected chi connectivity index (χ3v) is 8.89. The molecule has 0 saturated carbocycles. The van der Waals surface area contributed by atoms with Crippen LogP contribution in [0.5, 0.6) is 0 Å². The van der Waals surface area contributed by atoms with Crippen molar-refractivity contribution in [3.63, 3.8) is 0 Å². The number of piperazine rings is 1. The van der Waals surface area contributed by atoms with E-state index in [1.54, 1.807) is 4.90 Å². The molecule has 2 aliphatic rings. The minimum atomic E-state index is -3.68. The van der Waals surface area contributed by atoms with Gasteiger partial charge in [-0.1, -0.05) is 18.2 Å². The molecule has 180 valence electrons. The molecule has 2 fully saturated rings. The predicted molar refractivity (Wildman–Crippen MR) is 128 cm³/mol. The van der Waals surface area contributed by atoms with Crippen LogP contribution in [0.25, 0.3) is 10.9 Å². The highest BCUT2D eigenvalue weighted by Gasteiger charge is 2.31. The van der Waals surface area contributed by atoms with Crippen LogP contribution in [0.3, 0.4) is 0 Å². The van der Waals surface area contributed by atoms with Crippen LogP contribution in [0.1, 0.15) is 24.5 Å². The Morgan fingerprint density at radius 2 is 1.62 bits per heavy atom. The smallest absolute Gasteiger partial charge is 0.243 e. The molecule has 3 heterocycles. The summed E-state index contributed by atoms with van der Waals surface area (Å²) in [5.74, 6) is 0.0431. The van der Waals surface area contributed by atoms with Crippen molar-refractivity contribution in [2.24, 2.45) is 0 Å². The predicted octanol–water partition coefficient (Wildman–Crippen LogP) is 3.02. The van der Waals surface area contributed by atoms with Crippen LogP contribution >= 0.6 is 0 Å². The molecular weight excluding hydrogens is 455 g/mol. The SMILES string of the molecule is O=C(CN1CCC(c2cc3ccccc3[nH]2)CC1)N1CCN(S(=O)(=O)c2ccc(F)cc2)CC1. The third kappa shape index (κ3) is 4.73. The van der Waals surface area contributed by atoms with Gasteiger partial charge in [0.2, 0.25) is 15.9 Å². The van der Waals surface area contributed by atoms with E-state index in [1.165, 1.54) is 27.5 Å². The van der Waals surface area contributed by atoms with E-state index in [-0.39, 0.29) is 23.9 Å². The molecule has 9 heteroatoms. The number of sulfonamides is 1. The fourth-order valence-corrected chi connectivity index (χ4v) is 6.36. The van der Waals surface area contributed by atoms with E-state index < -0.39 is 15.8 Å². The normalized spacial score (nSPS) is 19.0. The number of hydrogen-bond donors (Lipinski definition) is 1. The number of para-hydroxylation sites is 1. The third-order valence-electron chi connectivity index (χ3n) is 6.98. The number of carbonyl (C=O) groups is 1. The molecule has 2 aliphatic heterocycles. The van der Waals surface area contributed by atoms with Crippen molar-refractivity contribution in [3.8, 4) is 0 Å². The molecule has 3 aromatic rings. The second kappa shape index (κ2) is 9.48. The van der Waals surface area contributed by atoms with Gasteiger partial charge in [0.05, 0.1) is 11.4 Å². The van der Waals surface area contributed by atoms with Crippen LogP contribution in [0, 0.1) is 5.82 Å². The number of halogens is 1. The Kier molecular flexibility index (Phi) is 6.42. The van der Waals surface area contributed by atoms with E-state index in [0.29, 0.717) is 25.6 Å². The van der Waals surface area contributed by atoms with Gasteiger partial charge in [0.1, 0.15) is 5.82 Å². The first-order valence-electron chi connectivity index (χ1n) is 11.7. The largest absolute Gasteiger partial charge is 0.358 e. The number of nitrogens with one attached hydrogen (secondary N) is 1. The van der Waals surface area contributed by atoms with E-state index in [9.17, 15) is 17.6 Å². The van der Waals surface area contributed by atoms with Crippen molar-refractivity contribution in [2.45, 2.75) is 23.7 Å². The van der Waals surface area contributed by atoms with Crippen LogP contribution in [0.2, 0.25) is 0 Å². The molecular formula is C25H29FN4O3S. The lowest BCUT2D eigenvalue weighted by molar-refractivity contribution is -0.133. The van der Waals surface area contributed by atoms with Gasteiger partial charge in [-0.2, -0.15) is 4.31 Å². The van der Waals surface area contributed by atoms with Gasteiger partial charge >= 0.3 is 0 Å². The lowest BCUT2D eigenvalue weighted by Crippen LogP contribution is -2.53. The first kappa shape index (κ1) is 23.0. The number of benzene rings is 2. The van der Waals surface area contributed by atoms with Gasteiger partial charge in [-0.05, 0) is 67.7 Å². The average Bonchev–Trinajstić information content (AvgIpc) is 3.29. The molecule has 34 heavy (non-hydrogen) atoms. The Balaban J connectivity index is 1.11. The monoisotopic (exact) mass is 484 g/mol. The Morgan fingerprint density at radius 1 is 0.941 bits per heavy atom. The van der Waals surface area contributed by atoms with Gasteiger partial charge in [0, 0.05) is 43.3 Å².